The first-order valence-corrected chi connectivity index (χ1v) is 6.21. The molecular formula is C13H26N2. The molecule has 15 heavy (non-hydrogen) atoms. The van der Waals surface area contributed by atoms with Gasteiger partial charge in [-0.1, -0.05) is 5.57 Å². The van der Waals surface area contributed by atoms with Crippen molar-refractivity contribution in [2.75, 3.05) is 19.6 Å². The summed E-state index contributed by atoms with van der Waals surface area (Å²) in [5.74, 6) is 0. The van der Waals surface area contributed by atoms with Crippen molar-refractivity contribution in [3.05, 3.63) is 12.2 Å². The van der Waals surface area contributed by atoms with E-state index in [1.807, 2.05) is 0 Å². The van der Waals surface area contributed by atoms with Gasteiger partial charge in [-0.15, -0.1) is 6.58 Å². The Morgan fingerprint density at radius 2 is 2.27 bits per heavy atom. The summed E-state index contributed by atoms with van der Waals surface area (Å²) < 4.78 is 0. The molecule has 1 N–H and O–H groups in total. The molecule has 0 aromatic rings. The highest BCUT2D eigenvalue weighted by atomic mass is 15.2. The highest BCUT2D eigenvalue weighted by Crippen LogP contribution is 2.10. The Hall–Kier alpha value is -0.340. The van der Waals surface area contributed by atoms with Crippen LogP contribution >= 0.6 is 0 Å². The maximum Gasteiger partial charge on any atom is 0.0195 e. The summed E-state index contributed by atoms with van der Waals surface area (Å²) in [6, 6.07) is 1.37. The lowest BCUT2D eigenvalue weighted by Crippen LogP contribution is -2.41. The number of nitrogens with one attached hydrogen (secondary N) is 1. The van der Waals surface area contributed by atoms with E-state index < -0.39 is 0 Å². The first kappa shape index (κ1) is 12.7. The smallest absolute Gasteiger partial charge is 0.0195 e. The molecule has 0 amide bonds. The molecule has 0 bridgehead atoms. The van der Waals surface area contributed by atoms with E-state index in [1.165, 1.54) is 31.5 Å². The van der Waals surface area contributed by atoms with Crippen molar-refractivity contribution in [1.29, 1.82) is 0 Å². The summed E-state index contributed by atoms with van der Waals surface area (Å²) in [6.07, 6.45) is 3.82. The second kappa shape index (κ2) is 6.29. The highest BCUT2D eigenvalue weighted by molar-refractivity contribution is 4.90. The third-order valence-corrected chi connectivity index (χ3v) is 3.17. The van der Waals surface area contributed by atoms with Crippen LogP contribution in [0.15, 0.2) is 12.2 Å². The molecule has 0 saturated carbocycles. The maximum atomic E-state index is 3.98. The minimum atomic E-state index is 0.645. The third kappa shape index (κ3) is 4.80. The molecule has 0 radical (unpaired) electrons. The van der Waals surface area contributed by atoms with Crippen molar-refractivity contribution >= 4 is 0 Å². The van der Waals surface area contributed by atoms with Gasteiger partial charge in [-0.05, 0) is 46.6 Å². The average molecular weight is 210 g/mol. The molecule has 1 saturated heterocycles. The van der Waals surface area contributed by atoms with Crippen molar-refractivity contribution in [1.82, 2.24) is 10.2 Å². The Morgan fingerprint density at radius 1 is 1.53 bits per heavy atom. The molecule has 0 aromatic carbocycles. The van der Waals surface area contributed by atoms with Gasteiger partial charge in [0.25, 0.3) is 0 Å². The van der Waals surface area contributed by atoms with E-state index >= 15 is 0 Å². The monoisotopic (exact) mass is 210 g/mol. The molecule has 0 aromatic heterocycles. The topological polar surface area (TPSA) is 15.3 Å². The van der Waals surface area contributed by atoms with Gasteiger partial charge in [0.15, 0.2) is 0 Å². The summed E-state index contributed by atoms with van der Waals surface area (Å²) in [7, 11) is 0. The molecule has 0 spiro atoms. The van der Waals surface area contributed by atoms with Crippen molar-refractivity contribution in [3.8, 4) is 0 Å². The number of nitrogens with zero attached hydrogens (tertiary/aromatic N) is 1. The molecule has 1 heterocycles. The Kier molecular flexibility index (Phi) is 5.34. The van der Waals surface area contributed by atoms with Crippen LogP contribution in [0.5, 0.6) is 0 Å². The van der Waals surface area contributed by atoms with E-state index in [2.05, 4.69) is 37.6 Å². The lowest BCUT2D eigenvalue weighted by molar-refractivity contribution is 0.205. The Balaban J connectivity index is 2.32. The zero-order valence-electron chi connectivity index (χ0n) is 10.6. The van der Waals surface area contributed by atoms with Gasteiger partial charge in [-0.2, -0.15) is 0 Å². The van der Waals surface area contributed by atoms with Crippen molar-refractivity contribution in [2.24, 2.45) is 0 Å². The van der Waals surface area contributed by atoms with Gasteiger partial charge in [0, 0.05) is 25.2 Å². The van der Waals surface area contributed by atoms with Gasteiger partial charge in [0.1, 0.15) is 0 Å². The van der Waals surface area contributed by atoms with Crippen LogP contribution in [0.25, 0.3) is 0 Å². The van der Waals surface area contributed by atoms with Gasteiger partial charge in [-0.3, -0.25) is 4.90 Å². The van der Waals surface area contributed by atoms with Crippen LogP contribution in [-0.2, 0) is 0 Å². The number of hydrogen-bond donors (Lipinski definition) is 1. The normalized spacial score (nSPS) is 21.5. The number of rotatable bonds is 6. The molecule has 88 valence electrons. The third-order valence-electron chi connectivity index (χ3n) is 3.17. The highest BCUT2D eigenvalue weighted by Gasteiger charge is 2.19. The summed E-state index contributed by atoms with van der Waals surface area (Å²) in [5.41, 5.74) is 1.29. The second-order valence-electron chi connectivity index (χ2n) is 5.09. The van der Waals surface area contributed by atoms with Crippen LogP contribution in [0.1, 0.15) is 40.0 Å². The molecular weight excluding hydrogens is 184 g/mol. The summed E-state index contributed by atoms with van der Waals surface area (Å²) in [4.78, 5) is 2.57. The summed E-state index contributed by atoms with van der Waals surface area (Å²) >= 11 is 0. The van der Waals surface area contributed by atoms with Gasteiger partial charge in [0.05, 0.1) is 0 Å². The first-order chi connectivity index (χ1) is 7.09. The van der Waals surface area contributed by atoms with Crippen molar-refractivity contribution in [3.63, 3.8) is 0 Å². The van der Waals surface area contributed by atoms with Crippen LogP contribution in [0.2, 0.25) is 0 Å². The molecule has 1 aliphatic rings. The zero-order chi connectivity index (χ0) is 11.3. The van der Waals surface area contributed by atoms with Gasteiger partial charge < -0.3 is 5.32 Å². The molecule has 1 unspecified atom stereocenters. The predicted molar refractivity (Wildman–Crippen MR) is 67.2 cm³/mol. The fourth-order valence-electron chi connectivity index (χ4n) is 2.09. The molecule has 0 aliphatic carbocycles. The first-order valence-electron chi connectivity index (χ1n) is 6.21. The van der Waals surface area contributed by atoms with E-state index in [0.717, 1.165) is 19.0 Å². The minimum absolute atomic E-state index is 0.645. The van der Waals surface area contributed by atoms with E-state index in [4.69, 9.17) is 0 Å². The summed E-state index contributed by atoms with van der Waals surface area (Å²) in [6.45, 7) is 14.2. The van der Waals surface area contributed by atoms with Crippen LogP contribution in [-0.4, -0.2) is 36.6 Å². The lowest BCUT2D eigenvalue weighted by atomic mass is 10.1. The molecule has 1 atom stereocenters. The average Bonchev–Trinajstić information content (AvgIpc) is 2.63. The van der Waals surface area contributed by atoms with Crippen molar-refractivity contribution < 1.29 is 0 Å². The molecule has 2 heteroatoms. The Bertz CT molecular complexity index is 193. The van der Waals surface area contributed by atoms with E-state index in [1.54, 1.807) is 0 Å². The summed E-state index contributed by atoms with van der Waals surface area (Å²) in [5, 5.41) is 3.57. The van der Waals surface area contributed by atoms with Crippen LogP contribution in [0.3, 0.4) is 0 Å². The molecule has 2 nitrogen and oxygen atoms in total. The van der Waals surface area contributed by atoms with Crippen LogP contribution < -0.4 is 5.32 Å². The van der Waals surface area contributed by atoms with E-state index in [0.29, 0.717) is 6.04 Å². The predicted octanol–water partition coefficient (Wildman–Crippen LogP) is 2.42. The molecule has 1 fully saturated rings. The lowest BCUT2D eigenvalue weighted by Gasteiger charge is -2.29. The zero-order valence-corrected chi connectivity index (χ0v) is 10.6. The van der Waals surface area contributed by atoms with E-state index in [-0.39, 0.29) is 0 Å². The van der Waals surface area contributed by atoms with Crippen LogP contribution in [0, 0.1) is 0 Å². The molecule has 1 aliphatic heterocycles. The Morgan fingerprint density at radius 3 is 2.73 bits per heavy atom. The van der Waals surface area contributed by atoms with Crippen molar-refractivity contribution in [2.45, 2.75) is 52.1 Å². The van der Waals surface area contributed by atoms with Gasteiger partial charge in [0.2, 0.25) is 0 Å². The van der Waals surface area contributed by atoms with Crippen LogP contribution in [0.4, 0.5) is 0 Å². The Labute approximate surface area is 94.7 Å². The SMILES string of the molecule is C=C(C)CCN(CC1CCCN1)C(C)C. The second-order valence-corrected chi connectivity index (χ2v) is 5.09. The fourth-order valence-corrected chi connectivity index (χ4v) is 2.09. The quantitative estimate of drug-likeness (QED) is 0.677. The maximum absolute atomic E-state index is 3.98. The minimum Gasteiger partial charge on any atom is -0.313 e. The fraction of sp³-hybridized carbons (Fsp3) is 0.846. The standard InChI is InChI=1S/C13H26N2/c1-11(2)7-9-15(12(3)4)10-13-6-5-8-14-13/h12-14H,1,5-10H2,2-4H3. The van der Waals surface area contributed by atoms with Gasteiger partial charge in [-0.25, -0.2) is 0 Å². The number of hydrogen-bond acceptors (Lipinski definition) is 2. The largest absolute Gasteiger partial charge is 0.313 e. The van der Waals surface area contributed by atoms with E-state index in [9.17, 15) is 0 Å². The van der Waals surface area contributed by atoms with Gasteiger partial charge >= 0.3 is 0 Å². The molecule has 1 rings (SSSR count).